The highest BCUT2D eigenvalue weighted by Crippen LogP contribution is 2.39. The Balaban J connectivity index is 2.42. The van der Waals surface area contributed by atoms with Crippen molar-refractivity contribution < 1.29 is 28.6 Å². The number of ketones is 1. The van der Waals surface area contributed by atoms with Gasteiger partial charge < -0.3 is 14.2 Å². The second kappa shape index (κ2) is 12.9. The van der Waals surface area contributed by atoms with Crippen LogP contribution in [0.3, 0.4) is 0 Å². The Morgan fingerprint density at radius 3 is 1.87 bits per heavy atom. The van der Waals surface area contributed by atoms with Gasteiger partial charge >= 0.3 is 11.9 Å². The molecule has 0 fully saturated rings. The fraction of sp³-hybridized carbons (Fsp3) is 0.469. The second-order valence-electron chi connectivity index (χ2n) is 11.3. The van der Waals surface area contributed by atoms with Crippen LogP contribution < -0.4 is 14.2 Å². The summed E-state index contributed by atoms with van der Waals surface area (Å²) in [5, 5.41) is 0. The van der Waals surface area contributed by atoms with Gasteiger partial charge in [0, 0.05) is 16.7 Å². The molecule has 2 aromatic carbocycles. The molecule has 2 rings (SSSR count). The van der Waals surface area contributed by atoms with Crippen LogP contribution in [0.15, 0.2) is 36.4 Å². The van der Waals surface area contributed by atoms with Gasteiger partial charge in [0.05, 0.1) is 17.4 Å². The quantitative estimate of drug-likeness (QED) is 0.140. The summed E-state index contributed by atoms with van der Waals surface area (Å²) in [5.74, 6) is 0.715. The van der Waals surface area contributed by atoms with Crippen molar-refractivity contribution >= 4 is 23.8 Å². The first-order valence-corrected chi connectivity index (χ1v) is 13.3. The molecule has 0 aromatic heterocycles. The van der Waals surface area contributed by atoms with Crippen molar-refractivity contribution in [1.82, 2.24) is 0 Å². The second-order valence-corrected chi connectivity index (χ2v) is 11.3. The zero-order valence-corrected chi connectivity index (χ0v) is 24.3. The Morgan fingerprint density at radius 1 is 0.789 bits per heavy atom. The standard InChI is InChI=1S/C32H42O6/c1-10-19-36-27-23(20-21(11-2)28(25(27)12-3)38-30(35)32(7,8)9)15-18-26(33)22-13-16-24(17-14-22)37-29(34)31(4,5)6/h13-18,20H,10-12,19H2,1-9H3/b18-15+. The summed E-state index contributed by atoms with van der Waals surface area (Å²) in [6.45, 7) is 17.3. The molecule has 0 radical (unpaired) electrons. The van der Waals surface area contributed by atoms with Crippen LogP contribution in [0.5, 0.6) is 17.2 Å². The van der Waals surface area contributed by atoms with E-state index in [0.717, 1.165) is 23.1 Å². The molecular weight excluding hydrogens is 480 g/mol. The molecule has 6 heteroatoms. The van der Waals surface area contributed by atoms with Gasteiger partial charge in [-0.1, -0.05) is 20.8 Å². The van der Waals surface area contributed by atoms with Crippen LogP contribution in [0, 0.1) is 10.8 Å². The Kier molecular flexibility index (Phi) is 10.5. The van der Waals surface area contributed by atoms with Crippen molar-refractivity contribution in [2.75, 3.05) is 6.61 Å². The van der Waals surface area contributed by atoms with Crippen molar-refractivity contribution in [3.05, 3.63) is 58.7 Å². The largest absolute Gasteiger partial charge is 0.493 e. The molecule has 0 amide bonds. The highest BCUT2D eigenvalue weighted by molar-refractivity contribution is 6.07. The maximum atomic E-state index is 13.0. The number of esters is 2. The summed E-state index contributed by atoms with van der Waals surface area (Å²) < 4.78 is 17.4. The van der Waals surface area contributed by atoms with Crippen LogP contribution in [-0.4, -0.2) is 24.3 Å². The van der Waals surface area contributed by atoms with Gasteiger partial charge in [-0.25, -0.2) is 0 Å². The van der Waals surface area contributed by atoms with E-state index in [0.29, 0.717) is 42.3 Å². The minimum Gasteiger partial charge on any atom is -0.493 e. The molecule has 0 atom stereocenters. The van der Waals surface area contributed by atoms with Crippen LogP contribution in [0.25, 0.3) is 6.08 Å². The van der Waals surface area contributed by atoms with Crippen molar-refractivity contribution in [2.45, 2.75) is 81.6 Å². The Morgan fingerprint density at radius 2 is 1.37 bits per heavy atom. The molecule has 0 bridgehead atoms. The third-order valence-corrected chi connectivity index (χ3v) is 5.80. The van der Waals surface area contributed by atoms with E-state index in [-0.39, 0.29) is 17.7 Å². The van der Waals surface area contributed by atoms with Crippen LogP contribution >= 0.6 is 0 Å². The van der Waals surface area contributed by atoms with Gasteiger partial charge in [-0.05, 0) is 109 Å². The van der Waals surface area contributed by atoms with Crippen LogP contribution in [-0.2, 0) is 22.4 Å². The summed E-state index contributed by atoms with van der Waals surface area (Å²) >= 11 is 0. The summed E-state index contributed by atoms with van der Waals surface area (Å²) in [5.41, 5.74) is 1.64. The lowest BCUT2D eigenvalue weighted by Crippen LogP contribution is -2.26. The van der Waals surface area contributed by atoms with Gasteiger partial charge in [0.1, 0.15) is 17.2 Å². The topological polar surface area (TPSA) is 78.9 Å². The smallest absolute Gasteiger partial charge is 0.316 e. The van der Waals surface area contributed by atoms with E-state index in [1.807, 2.05) is 47.6 Å². The fourth-order valence-corrected chi connectivity index (χ4v) is 3.45. The molecule has 38 heavy (non-hydrogen) atoms. The first-order valence-electron chi connectivity index (χ1n) is 13.3. The lowest BCUT2D eigenvalue weighted by Gasteiger charge is -2.23. The Labute approximate surface area is 227 Å². The van der Waals surface area contributed by atoms with E-state index < -0.39 is 10.8 Å². The molecule has 0 spiro atoms. The zero-order chi connectivity index (χ0) is 28.7. The number of carbonyl (C=O) groups excluding carboxylic acids is 3. The first-order chi connectivity index (χ1) is 17.7. The molecule has 6 nitrogen and oxygen atoms in total. The predicted molar refractivity (Wildman–Crippen MR) is 151 cm³/mol. The maximum absolute atomic E-state index is 13.0. The maximum Gasteiger partial charge on any atom is 0.316 e. The van der Waals surface area contributed by atoms with Gasteiger partial charge in [0.2, 0.25) is 0 Å². The summed E-state index contributed by atoms with van der Waals surface area (Å²) in [7, 11) is 0. The van der Waals surface area contributed by atoms with Crippen LogP contribution in [0.4, 0.5) is 0 Å². The van der Waals surface area contributed by atoms with Gasteiger partial charge in [0.15, 0.2) is 5.78 Å². The predicted octanol–water partition coefficient (Wildman–Crippen LogP) is 7.40. The monoisotopic (exact) mass is 522 g/mol. The zero-order valence-electron chi connectivity index (χ0n) is 24.3. The van der Waals surface area contributed by atoms with E-state index in [4.69, 9.17) is 14.2 Å². The number of rotatable bonds is 10. The average molecular weight is 523 g/mol. The first kappa shape index (κ1) is 30.8. The third-order valence-electron chi connectivity index (χ3n) is 5.80. The van der Waals surface area contributed by atoms with Crippen molar-refractivity contribution in [3.63, 3.8) is 0 Å². The van der Waals surface area contributed by atoms with E-state index in [9.17, 15) is 14.4 Å². The number of ether oxygens (including phenoxy) is 3. The SMILES string of the molecule is CCCOc1c(/C=C/C(=O)c2ccc(OC(=O)C(C)(C)C)cc2)cc(CC)c(OC(=O)C(C)(C)C)c1CC. The van der Waals surface area contributed by atoms with Crippen molar-refractivity contribution in [3.8, 4) is 17.2 Å². The van der Waals surface area contributed by atoms with Gasteiger partial charge in [-0.3, -0.25) is 14.4 Å². The molecule has 0 heterocycles. The van der Waals surface area contributed by atoms with E-state index >= 15 is 0 Å². The molecule has 0 unspecified atom stereocenters. The Hall–Kier alpha value is -3.41. The van der Waals surface area contributed by atoms with E-state index in [1.165, 1.54) is 6.08 Å². The van der Waals surface area contributed by atoms with Crippen molar-refractivity contribution in [1.29, 1.82) is 0 Å². The molecule has 0 aliphatic carbocycles. The highest BCUT2D eigenvalue weighted by atomic mass is 16.5. The van der Waals surface area contributed by atoms with Crippen LogP contribution in [0.2, 0.25) is 0 Å². The minimum absolute atomic E-state index is 0.195. The molecule has 0 aliphatic heterocycles. The van der Waals surface area contributed by atoms with Crippen LogP contribution in [0.1, 0.15) is 95.8 Å². The average Bonchev–Trinajstić information content (AvgIpc) is 2.85. The van der Waals surface area contributed by atoms with Crippen molar-refractivity contribution in [2.24, 2.45) is 10.8 Å². The molecule has 206 valence electrons. The van der Waals surface area contributed by atoms with Gasteiger partial charge in [-0.2, -0.15) is 0 Å². The summed E-state index contributed by atoms with van der Waals surface area (Å²) in [6, 6.07) is 8.42. The molecule has 2 aromatic rings. The summed E-state index contributed by atoms with van der Waals surface area (Å²) in [6.07, 6.45) is 5.31. The molecule has 0 aliphatic rings. The lowest BCUT2D eigenvalue weighted by molar-refractivity contribution is -0.143. The van der Waals surface area contributed by atoms with E-state index in [2.05, 4.69) is 0 Å². The third kappa shape index (κ3) is 8.04. The number of hydrogen-bond donors (Lipinski definition) is 0. The number of benzene rings is 2. The number of carbonyl (C=O) groups is 3. The minimum atomic E-state index is -0.647. The van der Waals surface area contributed by atoms with Gasteiger partial charge in [0.25, 0.3) is 0 Å². The number of allylic oxidation sites excluding steroid dienone is 1. The normalized spacial score (nSPS) is 11.9. The number of aryl methyl sites for hydroxylation is 1. The van der Waals surface area contributed by atoms with Gasteiger partial charge in [-0.15, -0.1) is 0 Å². The lowest BCUT2D eigenvalue weighted by atomic mass is 9.95. The summed E-state index contributed by atoms with van der Waals surface area (Å²) in [4.78, 5) is 37.8. The molecular formula is C32H42O6. The molecule has 0 N–H and O–H groups in total. The molecule has 0 saturated heterocycles. The Bertz CT molecular complexity index is 1170. The highest BCUT2D eigenvalue weighted by Gasteiger charge is 2.27. The van der Waals surface area contributed by atoms with E-state index in [1.54, 1.807) is 51.1 Å². The fourth-order valence-electron chi connectivity index (χ4n) is 3.45. The number of hydrogen-bond acceptors (Lipinski definition) is 6. The molecule has 0 saturated carbocycles.